The fourth-order valence-electron chi connectivity index (χ4n) is 2.53. The third-order valence-electron chi connectivity index (χ3n) is 3.80. The molecule has 1 N–H and O–H groups in total. The highest BCUT2D eigenvalue weighted by molar-refractivity contribution is 9.10. The van der Waals surface area contributed by atoms with Crippen LogP contribution < -0.4 is 5.69 Å². The van der Waals surface area contributed by atoms with Gasteiger partial charge in [-0.05, 0) is 35.4 Å². The summed E-state index contributed by atoms with van der Waals surface area (Å²) >= 11 is 3.38. The zero-order valence-corrected chi connectivity index (χ0v) is 13.3. The lowest BCUT2D eigenvalue weighted by Crippen LogP contribution is -2.19. The van der Waals surface area contributed by atoms with Gasteiger partial charge in [-0.25, -0.2) is 4.79 Å². The van der Waals surface area contributed by atoms with Gasteiger partial charge in [0.15, 0.2) is 0 Å². The summed E-state index contributed by atoms with van der Waals surface area (Å²) in [6.07, 6.45) is -0.710. The van der Waals surface area contributed by atoms with Crippen molar-refractivity contribution < 1.29 is 5.11 Å². The van der Waals surface area contributed by atoms with Crippen molar-refractivity contribution in [3.8, 4) is 0 Å². The van der Waals surface area contributed by atoms with E-state index in [0.29, 0.717) is 0 Å². The molecule has 0 amide bonds. The largest absolute Gasteiger partial charge is 0.384 e. The highest BCUT2D eigenvalue weighted by Crippen LogP contribution is 2.26. The van der Waals surface area contributed by atoms with Gasteiger partial charge < -0.3 is 5.11 Å². The van der Waals surface area contributed by atoms with Gasteiger partial charge in [0, 0.05) is 18.6 Å². The molecule has 1 unspecified atom stereocenters. The van der Waals surface area contributed by atoms with Crippen LogP contribution in [0, 0.1) is 0 Å². The van der Waals surface area contributed by atoms with E-state index >= 15 is 0 Å². The lowest BCUT2D eigenvalue weighted by Gasteiger charge is -2.12. The summed E-state index contributed by atoms with van der Waals surface area (Å²) < 4.78 is 4.16. The number of rotatable bonds is 2. The lowest BCUT2D eigenvalue weighted by molar-refractivity contribution is 0.220. The Morgan fingerprint density at radius 1 is 0.952 bits per heavy atom. The summed E-state index contributed by atoms with van der Waals surface area (Å²) in [7, 11) is 3.48. The number of aliphatic hydroxyl groups is 1. The predicted molar refractivity (Wildman–Crippen MR) is 86.4 cm³/mol. The Hall–Kier alpha value is -1.85. The molecule has 0 fully saturated rings. The molecule has 108 valence electrons. The van der Waals surface area contributed by atoms with Gasteiger partial charge in [-0.15, -0.1) is 0 Å². The number of imidazole rings is 1. The minimum absolute atomic E-state index is 0.0692. The minimum atomic E-state index is -0.710. The standard InChI is InChI=1S/C16H15BrN2O2/c1-18-13-8-5-11(9-14(13)19(2)16(18)21)15(20)10-3-6-12(17)7-4-10/h3-9,15,20H,1-2H3. The van der Waals surface area contributed by atoms with Gasteiger partial charge in [-0.2, -0.15) is 0 Å². The quantitative estimate of drug-likeness (QED) is 0.775. The monoisotopic (exact) mass is 346 g/mol. The second-order valence-corrected chi connectivity index (χ2v) is 6.02. The van der Waals surface area contributed by atoms with Crippen molar-refractivity contribution in [2.75, 3.05) is 0 Å². The van der Waals surface area contributed by atoms with Crippen LogP contribution in [-0.4, -0.2) is 14.2 Å². The first-order chi connectivity index (χ1) is 9.99. The van der Waals surface area contributed by atoms with Gasteiger partial charge in [0.1, 0.15) is 6.10 Å². The number of aliphatic hydroxyl groups excluding tert-OH is 1. The summed E-state index contributed by atoms with van der Waals surface area (Å²) in [5, 5.41) is 10.5. The molecular weight excluding hydrogens is 332 g/mol. The maximum Gasteiger partial charge on any atom is 0.328 e. The van der Waals surface area contributed by atoms with Crippen LogP contribution in [0.4, 0.5) is 0 Å². The number of hydrogen-bond donors (Lipinski definition) is 1. The SMILES string of the molecule is Cn1c(=O)n(C)c2cc(C(O)c3ccc(Br)cc3)ccc21. The maximum absolute atomic E-state index is 11.9. The molecule has 1 aromatic heterocycles. The zero-order chi connectivity index (χ0) is 15.1. The van der Waals surface area contributed by atoms with E-state index < -0.39 is 6.10 Å². The number of aryl methyl sites for hydroxylation is 2. The van der Waals surface area contributed by atoms with Crippen molar-refractivity contribution in [2.24, 2.45) is 14.1 Å². The van der Waals surface area contributed by atoms with E-state index in [1.807, 2.05) is 42.5 Å². The molecule has 21 heavy (non-hydrogen) atoms. The molecule has 0 spiro atoms. The summed E-state index contributed by atoms with van der Waals surface area (Å²) in [4.78, 5) is 11.9. The molecule has 0 radical (unpaired) electrons. The number of halogens is 1. The maximum atomic E-state index is 11.9. The van der Waals surface area contributed by atoms with Crippen LogP contribution in [0.5, 0.6) is 0 Å². The Balaban J connectivity index is 2.10. The minimum Gasteiger partial charge on any atom is -0.384 e. The third-order valence-corrected chi connectivity index (χ3v) is 4.33. The third kappa shape index (κ3) is 2.32. The Morgan fingerprint density at radius 2 is 1.52 bits per heavy atom. The zero-order valence-electron chi connectivity index (χ0n) is 11.7. The predicted octanol–water partition coefficient (Wildman–Crippen LogP) is 2.72. The van der Waals surface area contributed by atoms with Crippen molar-refractivity contribution in [2.45, 2.75) is 6.10 Å². The summed E-state index contributed by atoms with van der Waals surface area (Å²) in [5.74, 6) is 0. The molecule has 3 rings (SSSR count). The van der Waals surface area contributed by atoms with E-state index in [0.717, 1.165) is 26.6 Å². The van der Waals surface area contributed by atoms with Crippen LogP contribution in [0.2, 0.25) is 0 Å². The first kappa shape index (κ1) is 14.1. The molecule has 0 bridgehead atoms. The summed E-state index contributed by atoms with van der Waals surface area (Å²) in [5.41, 5.74) is 3.19. The van der Waals surface area contributed by atoms with E-state index in [-0.39, 0.29) is 5.69 Å². The van der Waals surface area contributed by atoms with Crippen molar-refractivity contribution in [3.63, 3.8) is 0 Å². The number of aromatic nitrogens is 2. The fraction of sp³-hybridized carbons (Fsp3) is 0.188. The molecule has 4 nitrogen and oxygen atoms in total. The van der Waals surface area contributed by atoms with Crippen LogP contribution in [-0.2, 0) is 14.1 Å². The van der Waals surface area contributed by atoms with E-state index in [1.165, 1.54) is 0 Å². The van der Waals surface area contributed by atoms with E-state index in [1.54, 1.807) is 23.2 Å². The van der Waals surface area contributed by atoms with Gasteiger partial charge in [0.05, 0.1) is 11.0 Å². The van der Waals surface area contributed by atoms with Crippen molar-refractivity contribution in [1.29, 1.82) is 0 Å². The molecular formula is C16H15BrN2O2. The van der Waals surface area contributed by atoms with Crippen LogP contribution in [0.1, 0.15) is 17.2 Å². The first-order valence-electron chi connectivity index (χ1n) is 6.58. The highest BCUT2D eigenvalue weighted by Gasteiger charge is 2.14. The first-order valence-corrected chi connectivity index (χ1v) is 7.37. The molecule has 1 heterocycles. The molecule has 0 saturated carbocycles. The van der Waals surface area contributed by atoms with E-state index in [9.17, 15) is 9.90 Å². The Labute approximate surface area is 130 Å². The van der Waals surface area contributed by atoms with Crippen LogP contribution in [0.3, 0.4) is 0 Å². The highest BCUT2D eigenvalue weighted by atomic mass is 79.9. The topological polar surface area (TPSA) is 47.2 Å². The van der Waals surface area contributed by atoms with Crippen molar-refractivity contribution in [3.05, 3.63) is 68.5 Å². The number of nitrogens with zero attached hydrogens (tertiary/aromatic N) is 2. The van der Waals surface area contributed by atoms with Crippen molar-refractivity contribution >= 4 is 27.0 Å². The molecule has 0 aliphatic carbocycles. The normalized spacial score (nSPS) is 12.8. The van der Waals surface area contributed by atoms with E-state index in [4.69, 9.17) is 0 Å². The Kier molecular flexibility index (Phi) is 3.47. The number of benzene rings is 2. The summed E-state index contributed by atoms with van der Waals surface area (Å²) in [6, 6.07) is 13.1. The molecule has 2 aromatic carbocycles. The fourth-order valence-corrected chi connectivity index (χ4v) is 2.80. The lowest BCUT2D eigenvalue weighted by atomic mass is 10.0. The van der Waals surface area contributed by atoms with Crippen LogP contribution in [0.15, 0.2) is 51.7 Å². The van der Waals surface area contributed by atoms with Crippen LogP contribution in [0.25, 0.3) is 11.0 Å². The molecule has 0 saturated heterocycles. The van der Waals surface area contributed by atoms with Gasteiger partial charge in [-0.3, -0.25) is 9.13 Å². The van der Waals surface area contributed by atoms with Crippen molar-refractivity contribution in [1.82, 2.24) is 9.13 Å². The van der Waals surface area contributed by atoms with Gasteiger partial charge in [-0.1, -0.05) is 34.1 Å². The van der Waals surface area contributed by atoms with Crippen LogP contribution >= 0.6 is 15.9 Å². The van der Waals surface area contributed by atoms with Gasteiger partial charge in [0.2, 0.25) is 0 Å². The van der Waals surface area contributed by atoms with Gasteiger partial charge in [0.25, 0.3) is 0 Å². The van der Waals surface area contributed by atoms with Gasteiger partial charge >= 0.3 is 5.69 Å². The average molecular weight is 347 g/mol. The number of fused-ring (bicyclic) bond motifs is 1. The smallest absolute Gasteiger partial charge is 0.328 e. The summed E-state index contributed by atoms with van der Waals surface area (Å²) in [6.45, 7) is 0. The molecule has 0 aliphatic heterocycles. The second kappa shape index (κ2) is 5.16. The number of hydrogen-bond acceptors (Lipinski definition) is 2. The molecule has 0 aliphatic rings. The Morgan fingerprint density at radius 3 is 2.19 bits per heavy atom. The molecule has 1 atom stereocenters. The second-order valence-electron chi connectivity index (χ2n) is 5.10. The molecule has 3 aromatic rings. The molecule has 5 heteroatoms. The average Bonchev–Trinajstić information content (AvgIpc) is 2.72. The van der Waals surface area contributed by atoms with E-state index in [2.05, 4.69) is 15.9 Å². The Bertz CT molecular complexity index is 862.